The summed E-state index contributed by atoms with van der Waals surface area (Å²) in [5.41, 5.74) is 1.06. The molecule has 0 fully saturated rings. The van der Waals surface area contributed by atoms with Gasteiger partial charge in [-0.2, -0.15) is 0 Å². The summed E-state index contributed by atoms with van der Waals surface area (Å²) >= 11 is 0. The molecule has 0 aliphatic carbocycles. The van der Waals surface area contributed by atoms with Crippen molar-refractivity contribution >= 4 is 5.69 Å². The Bertz CT molecular complexity index is 574. The van der Waals surface area contributed by atoms with E-state index in [1.165, 1.54) is 12.1 Å². The third-order valence-electron chi connectivity index (χ3n) is 3.52. The average molecular weight is 291 g/mol. The van der Waals surface area contributed by atoms with Gasteiger partial charge < -0.3 is 10.0 Å². The van der Waals surface area contributed by atoms with Gasteiger partial charge in [0, 0.05) is 24.3 Å². The molecule has 1 N–H and O–H groups in total. The molecule has 21 heavy (non-hydrogen) atoms. The SMILES string of the molecule is CCN(CCC(O)c1cccc(F)c1F)c1ccccc1. The number of halogens is 2. The molecule has 0 aliphatic rings. The minimum Gasteiger partial charge on any atom is -0.388 e. The van der Waals surface area contributed by atoms with Crippen molar-refractivity contribution in [3.05, 3.63) is 65.7 Å². The zero-order valence-electron chi connectivity index (χ0n) is 12.0. The molecule has 0 heterocycles. The van der Waals surface area contributed by atoms with Gasteiger partial charge >= 0.3 is 0 Å². The molecule has 0 aromatic heterocycles. The van der Waals surface area contributed by atoms with Crippen LogP contribution in [0.25, 0.3) is 0 Å². The number of hydrogen-bond acceptors (Lipinski definition) is 2. The Morgan fingerprint density at radius 1 is 1.05 bits per heavy atom. The van der Waals surface area contributed by atoms with Crippen LogP contribution in [0.2, 0.25) is 0 Å². The molecule has 2 aromatic carbocycles. The maximum atomic E-state index is 13.6. The summed E-state index contributed by atoms with van der Waals surface area (Å²) in [6.45, 7) is 3.36. The van der Waals surface area contributed by atoms with Crippen LogP contribution in [-0.4, -0.2) is 18.2 Å². The van der Waals surface area contributed by atoms with Gasteiger partial charge in [0.15, 0.2) is 11.6 Å². The normalized spacial score (nSPS) is 12.2. The van der Waals surface area contributed by atoms with E-state index in [1.54, 1.807) is 0 Å². The number of aliphatic hydroxyl groups is 1. The van der Waals surface area contributed by atoms with Gasteiger partial charge in [-0.1, -0.05) is 30.3 Å². The van der Waals surface area contributed by atoms with Gasteiger partial charge in [-0.3, -0.25) is 0 Å². The standard InChI is InChI=1S/C17H19F2NO/c1-2-20(13-7-4-3-5-8-13)12-11-16(21)14-9-6-10-15(18)17(14)19/h3-10,16,21H,2,11-12H2,1H3. The lowest BCUT2D eigenvalue weighted by atomic mass is 10.1. The second-order valence-electron chi connectivity index (χ2n) is 4.86. The van der Waals surface area contributed by atoms with Crippen molar-refractivity contribution in [3.8, 4) is 0 Å². The highest BCUT2D eigenvalue weighted by Crippen LogP contribution is 2.23. The largest absolute Gasteiger partial charge is 0.388 e. The van der Waals surface area contributed by atoms with Crippen molar-refractivity contribution in [2.45, 2.75) is 19.4 Å². The Morgan fingerprint density at radius 2 is 1.76 bits per heavy atom. The third-order valence-corrected chi connectivity index (χ3v) is 3.52. The molecule has 2 nitrogen and oxygen atoms in total. The first kappa shape index (κ1) is 15.4. The topological polar surface area (TPSA) is 23.5 Å². The van der Waals surface area contributed by atoms with Crippen LogP contribution in [0, 0.1) is 11.6 Å². The summed E-state index contributed by atoms with van der Waals surface area (Å²) in [6.07, 6.45) is -0.679. The minimum absolute atomic E-state index is 0.0131. The van der Waals surface area contributed by atoms with E-state index in [0.717, 1.165) is 18.3 Å². The fourth-order valence-corrected chi connectivity index (χ4v) is 2.32. The van der Waals surface area contributed by atoms with E-state index in [1.807, 2.05) is 37.3 Å². The predicted molar refractivity (Wildman–Crippen MR) is 80.3 cm³/mol. The number of para-hydroxylation sites is 1. The van der Waals surface area contributed by atoms with E-state index in [-0.39, 0.29) is 5.56 Å². The number of aliphatic hydroxyl groups excluding tert-OH is 1. The highest BCUT2D eigenvalue weighted by atomic mass is 19.2. The summed E-state index contributed by atoms with van der Waals surface area (Å²) in [7, 11) is 0. The molecule has 4 heteroatoms. The van der Waals surface area contributed by atoms with E-state index in [0.29, 0.717) is 13.0 Å². The maximum Gasteiger partial charge on any atom is 0.164 e. The van der Waals surface area contributed by atoms with E-state index in [2.05, 4.69) is 4.90 Å². The number of benzene rings is 2. The predicted octanol–water partition coefficient (Wildman–Crippen LogP) is 3.91. The number of nitrogens with zero attached hydrogens (tertiary/aromatic N) is 1. The van der Waals surface area contributed by atoms with Crippen LogP contribution >= 0.6 is 0 Å². The fraction of sp³-hybridized carbons (Fsp3) is 0.294. The smallest absolute Gasteiger partial charge is 0.164 e. The summed E-state index contributed by atoms with van der Waals surface area (Å²) in [5, 5.41) is 10.1. The summed E-state index contributed by atoms with van der Waals surface area (Å²) in [6, 6.07) is 13.7. The zero-order chi connectivity index (χ0) is 15.2. The molecule has 112 valence electrons. The van der Waals surface area contributed by atoms with Crippen LogP contribution in [0.5, 0.6) is 0 Å². The fourth-order valence-electron chi connectivity index (χ4n) is 2.32. The van der Waals surface area contributed by atoms with Crippen molar-refractivity contribution in [2.24, 2.45) is 0 Å². The first-order valence-electron chi connectivity index (χ1n) is 7.05. The highest BCUT2D eigenvalue weighted by molar-refractivity contribution is 5.45. The van der Waals surface area contributed by atoms with Gasteiger partial charge in [0.05, 0.1) is 6.10 Å². The molecule has 0 radical (unpaired) electrons. The molecule has 0 bridgehead atoms. The molecule has 2 aromatic rings. The molecule has 0 spiro atoms. The molecule has 0 saturated carbocycles. The highest BCUT2D eigenvalue weighted by Gasteiger charge is 2.16. The van der Waals surface area contributed by atoms with Crippen LogP contribution in [0.1, 0.15) is 25.0 Å². The van der Waals surface area contributed by atoms with Gasteiger partial charge in [0.25, 0.3) is 0 Å². The number of hydrogen-bond donors (Lipinski definition) is 1. The van der Waals surface area contributed by atoms with Crippen LogP contribution in [0.4, 0.5) is 14.5 Å². The van der Waals surface area contributed by atoms with Gasteiger partial charge in [0.1, 0.15) is 0 Å². The van der Waals surface area contributed by atoms with E-state index in [4.69, 9.17) is 0 Å². The van der Waals surface area contributed by atoms with Crippen LogP contribution < -0.4 is 4.90 Å². The zero-order valence-corrected chi connectivity index (χ0v) is 12.0. The lowest BCUT2D eigenvalue weighted by Gasteiger charge is -2.24. The molecule has 1 atom stereocenters. The first-order chi connectivity index (χ1) is 10.1. The third kappa shape index (κ3) is 3.79. The molecular formula is C17H19F2NO. The quantitative estimate of drug-likeness (QED) is 0.872. The summed E-state index contributed by atoms with van der Waals surface area (Å²) in [4.78, 5) is 2.08. The number of anilines is 1. The number of rotatable bonds is 6. The van der Waals surface area contributed by atoms with Gasteiger partial charge in [0.2, 0.25) is 0 Å². The van der Waals surface area contributed by atoms with Crippen LogP contribution in [0.3, 0.4) is 0 Å². The lowest BCUT2D eigenvalue weighted by Crippen LogP contribution is -2.25. The second kappa shape index (κ2) is 7.18. The van der Waals surface area contributed by atoms with E-state index >= 15 is 0 Å². The van der Waals surface area contributed by atoms with Crippen LogP contribution in [-0.2, 0) is 0 Å². The Hall–Kier alpha value is -1.94. The van der Waals surface area contributed by atoms with E-state index < -0.39 is 17.7 Å². The van der Waals surface area contributed by atoms with Gasteiger partial charge in [-0.25, -0.2) is 8.78 Å². The summed E-state index contributed by atoms with van der Waals surface area (Å²) in [5.74, 6) is -1.89. The van der Waals surface area contributed by atoms with Crippen molar-refractivity contribution in [1.82, 2.24) is 0 Å². The van der Waals surface area contributed by atoms with Crippen molar-refractivity contribution in [2.75, 3.05) is 18.0 Å². The molecule has 0 amide bonds. The van der Waals surface area contributed by atoms with Gasteiger partial charge in [-0.05, 0) is 31.5 Å². The average Bonchev–Trinajstić information content (AvgIpc) is 2.51. The van der Waals surface area contributed by atoms with Crippen molar-refractivity contribution < 1.29 is 13.9 Å². The second-order valence-corrected chi connectivity index (χ2v) is 4.86. The molecule has 1 unspecified atom stereocenters. The lowest BCUT2D eigenvalue weighted by molar-refractivity contribution is 0.163. The van der Waals surface area contributed by atoms with Crippen LogP contribution in [0.15, 0.2) is 48.5 Å². The maximum absolute atomic E-state index is 13.6. The Labute approximate surface area is 123 Å². The Balaban J connectivity index is 2.03. The Morgan fingerprint density at radius 3 is 2.43 bits per heavy atom. The summed E-state index contributed by atoms with van der Waals surface area (Å²) < 4.78 is 26.8. The minimum atomic E-state index is -1.02. The molecule has 0 saturated heterocycles. The van der Waals surface area contributed by atoms with Crippen molar-refractivity contribution in [3.63, 3.8) is 0 Å². The van der Waals surface area contributed by atoms with E-state index in [9.17, 15) is 13.9 Å². The first-order valence-corrected chi connectivity index (χ1v) is 7.05. The monoisotopic (exact) mass is 291 g/mol. The molecule has 0 aliphatic heterocycles. The van der Waals surface area contributed by atoms with Gasteiger partial charge in [-0.15, -0.1) is 0 Å². The molecular weight excluding hydrogens is 272 g/mol. The van der Waals surface area contributed by atoms with Crippen molar-refractivity contribution in [1.29, 1.82) is 0 Å². The molecule has 2 rings (SSSR count). The Kier molecular flexibility index (Phi) is 5.28.